The molecule has 2 aromatic carbocycles. The van der Waals surface area contributed by atoms with Crippen molar-refractivity contribution < 1.29 is 18.0 Å². The summed E-state index contributed by atoms with van der Waals surface area (Å²) < 4.78 is 32.1. The molecule has 0 radical (unpaired) electrons. The first-order chi connectivity index (χ1) is 10.0. The molecule has 5 heteroatoms. The van der Waals surface area contributed by atoms with E-state index in [4.69, 9.17) is 16.0 Å². The Bertz CT molecular complexity index is 839. The van der Waals surface area contributed by atoms with Crippen LogP contribution in [0.15, 0.2) is 46.9 Å². The minimum atomic E-state index is -1.01. The van der Waals surface area contributed by atoms with Crippen molar-refractivity contribution in [2.45, 2.75) is 6.42 Å². The molecule has 0 N–H and O–H groups in total. The van der Waals surface area contributed by atoms with E-state index in [2.05, 4.69) is 0 Å². The molecule has 21 heavy (non-hydrogen) atoms. The standard InChI is InChI=1S/C16H9ClF2O2/c17-11-4-5-14-10(6-11)8-15(21-14)13(20)7-9-2-1-3-12(18)16(9)19/h1-6,8H,7H2. The molecule has 1 heterocycles. The van der Waals surface area contributed by atoms with E-state index in [-0.39, 0.29) is 17.7 Å². The van der Waals surface area contributed by atoms with E-state index in [0.717, 1.165) is 6.07 Å². The first-order valence-electron chi connectivity index (χ1n) is 6.20. The van der Waals surface area contributed by atoms with Crippen LogP contribution in [-0.2, 0) is 6.42 Å². The molecule has 0 aliphatic heterocycles. The lowest BCUT2D eigenvalue weighted by molar-refractivity contribution is 0.0967. The van der Waals surface area contributed by atoms with Gasteiger partial charge < -0.3 is 4.42 Å². The van der Waals surface area contributed by atoms with Gasteiger partial charge in [-0.05, 0) is 35.9 Å². The van der Waals surface area contributed by atoms with Crippen molar-refractivity contribution in [1.29, 1.82) is 0 Å². The number of ketones is 1. The Hall–Kier alpha value is -2.20. The van der Waals surface area contributed by atoms with Crippen molar-refractivity contribution >= 4 is 28.4 Å². The SMILES string of the molecule is O=C(Cc1cccc(F)c1F)c1cc2cc(Cl)ccc2o1. The number of Topliss-reactive ketones (excluding diaryl/α,β-unsaturated/α-hetero) is 1. The van der Waals surface area contributed by atoms with Gasteiger partial charge in [0, 0.05) is 16.8 Å². The summed E-state index contributed by atoms with van der Waals surface area (Å²) in [5.74, 6) is -2.32. The van der Waals surface area contributed by atoms with Crippen LogP contribution in [0.5, 0.6) is 0 Å². The summed E-state index contributed by atoms with van der Waals surface area (Å²) in [5, 5.41) is 1.21. The molecule has 1 aromatic heterocycles. The molecule has 0 fully saturated rings. The molecule has 0 aliphatic rings. The predicted octanol–water partition coefficient (Wildman–Crippen LogP) is 4.79. The van der Waals surface area contributed by atoms with E-state index in [1.54, 1.807) is 24.3 Å². The lowest BCUT2D eigenvalue weighted by atomic mass is 10.1. The summed E-state index contributed by atoms with van der Waals surface area (Å²) in [6.07, 6.45) is -0.267. The fourth-order valence-electron chi connectivity index (χ4n) is 2.10. The van der Waals surface area contributed by atoms with Gasteiger partial charge in [-0.1, -0.05) is 23.7 Å². The number of carbonyl (C=O) groups is 1. The van der Waals surface area contributed by atoms with Crippen LogP contribution in [0.2, 0.25) is 5.02 Å². The molecule has 2 nitrogen and oxygen atoms in total. The van der Waals surface area contributed by atoms with Gasteiger partial charge in [0.2, 0.25) is 5.78 Å². The topological polar surface area (TPSA) is 30.2 Å². The van der Waals surface area contributed by atoms with E-state index >= 15 is 0 Å². The number of rotatable bonds is 3. The fraction of sp³-hybridized carbons (Fsp3) is 0.0625. The molecule has 0 spiro atoms. The van der Waals surface area contributed by atoms with Crippen molar-refractivity contribution in [2.24, 2.45) is 0 Å². The minimum absolute atomic E-state index is 0.00140. The molecule has 0 atom stereocenters. The minimum Gasteiger partial charge on any atom is -0.453 e. The van der Waals surface area contributed by atoms with Gasteiger partial charge in [-0.25, -0.2) is 8.78 Å². The fourth-order valence-corrected chi connectivity index (χ4v) is 2.28. The third-order valence-corrected chi connectivity index (χ3v) is 3.37. The van der Waals surface area contributed by atoms with Gasteiger partial charge in [0.1, 0.15) is 5.58 Å². The molecule has 0 unspecified atom stereocenters. The van der Waals surface area contributed by atoms with Gasteiger partial charge in [-0.15, -0.1) is 0 Å². The van der Waals surface area contributed by atoms with Crippen molar-refractivity contribution in [1.82, 2.24) is 0 Å². The van der Waals surface area contributed by atoms with Crippen LogP contribution in [0.3, 0.4) is 0 Å². The van der Waals surface area contributed by atoms with Crippen LogP contribution in [0.4, 0.5) is 8.78 Å². The zero-order valence-electron chi connectivity index (χ0n) is 10.7. The van der Waals surface area contributed by atoms with Crippen molar-refractivity contribution in [3.63, 3.8) is 0 Å². The van der Waals surface area contributed by atoms with Crippen LogP contribution in [0, 0.1) is 11.6 Å². The van der Waals surface area contributed by atoms with Crippen molar-refractivity contribution in [2.75, 3.05) is 0 Å². The number of furan rings is 1. The highest BCUT2D eigenvalue weighted by Gasteiger charge is 2.16. The summed E-state index contributed by atoms with van der Waals surface area (Å²) >= 11 is 5.86. The molecule has 0 amide bonds. The largest absolute Gasteiger partial charge is 0.453 e. The summed E-state index contributed by atoms with van der Waals surface area (Å²) in [7, 11) is 0. The molecule has 0 saturated heterocycles. The molecule has 0 bridgehead atoms. The molecule has 0 aliphatic carbocycles. The zero-order chi connectivity index (χ0) is 15.0. The van der Waals surface area contributed by atoms with E-state index in [0.29, 0.717) is 16.0 Å². The highest BCUT2D eigenvalue weighted by atomic mass is 35.5. The van der Waals surface area contributed by atoms with Crippen molar-refractivity contribution in [3.05, 3.63) is 70.4 Å². The Balaban J connectivity index is 1.91. The van der Waals surface area contributed by atoms with Gasteiger partial charge in [0.05, 0.1) is 0 Å². The second kappa shape index (κ2) is 5.30. The zero-order valence-corrected chi connectivity index (χ0v) is 11.5. The first-order valence-corrected chi connectivity index (χ1v) is 6.57. The van der Waals surface area contributed by atoms with Crippen LogP contribution in [-0.4, -0.2) is 5.78 Å². The van der Waals surface area contributed by atoms with Gasteiger partial charge in [0.25, 0.3) is 0 Å². The van der Waals surface area contributed by atoms with E-state index in [9.17, 15) is 13.6 Å². The first kappa shape index (κ1) is 13.8. The second-order valence-corrected chi connectivity index (χ2v) is 5.04. The van der Waals surface area contributed by atoms with Gasteiger partial charge in [-0.3, -0.25) is 4.79 Å². The molecule has 3 aromatic rings. The Morgan fingerprint density at radius 2 is 1.95 bits per heavy atom. The number of fused-ring (bicyclic) bond motifs is 1. The Labute approximate surface area is 123 Å². The summed E-state index contributed by atoms with van der Waals surface area (Å²) in [5.41, 5.74) is 0.515. The third kappa shape index (κ3) is 2.67. The van der Waals surface area contributed by atoms with E-state index in [1.165, 1.54) is 12.1 Å². The Morgan fingerprint density at radius 3 is 2.76 bits per heavy atom. The summed E-state index contributed by atoms with van der Waals surface area (Å²) in [4.78, 5) is 12.1. The maximum absolute atomic E-state index is 13.6. The number of benzene rings is 2. The van der Waals surface area contributed by atoms with Crippen LogP contribution < -0.4 is 0 Å². The third-order valence-electron chi connectivity index (χ3n) is 3.14. The molecule has 0 saturated carbocycles. The van der Waals surface area contributed by atoms with Crippen LogP contribution in [0.1, 0.15) is 16.1 Å². The maximum atomic E-state index is 13.6. The van der Waals surface area contributed by atoms with E-state index < -0.39 is 17.4 Å². The normalized spacial score (nSPS) is 11.0. The van der Waals surface area contributed by atoms with Crippen LogP contribution >= 0.6 is 11.6 Å². The molecular weight excluding hydrogens is 298 g/mol. The Kier molecular flexibility index (Phi) is 3.47. The number of halogens is 3. The van der Waals surface area contributed by atoms with Crippen LogP contribution in [0.25, 0.3) is 11.0 Å². The lowest BCUT2D eigenvalue weighted by Gasteiger charge is -2.01. The number of carbonyl (C=O) groups excluding carboxylic acids is 1. The quantitative estimate of drug-likeness (QED) is 0.651. The average Bonchev–Trinajstić information content (AvgIpc) is 2.87. The monoisotopic (exact) mass is 306 g/mol. The predicted molar refractivity (Wildman–Crippen MR) is 75.6 cm³/mol. The Morgan fingerprint density at radius 1 is 1.14 bits per heavy atom. The lowest BCUT2D eigenvalue weighted by Crippen LogP contribution is -2.05. The maximum Gasteiger partial charge on any atom is 0.202 e. The number of hydrogen-bond acceptors (Lipinski definition) is 2. The number of hydrogen-bond donors (Lipinski definition) is 0. The molecule has 106 valence electrons. The highest BCUT2D eigenvalue weighted by Crippen LogP contribution is 2.24. The average molecular weight is 307 g/mol. The summed E-state index contributed by atoms with van der Waals surface area (Å²) in [6, 6.07) is 10.2. The molecule has 3 rings (SSSR count). The van der Waals surface area contributed by atoms with E-state index in [1.807, 2.05) is 0 Å². The highest BCUT2D eigenvalue weighted by molar-refractivity contribution is 6.31. The second-order valence-electron chi connectivity index (χ2n) is 4.61. The molecular formula is C16H9ClF2O2. The van der Waals surface area contributed by atoms with Gasteiger partial charge >= 0.3 is 0 Å². The van der Waals surface area contributed by atoms with Crippen molar-refractivity contribution in [3.8, 4) is 0 Å². The smallest absolute Gasteiger partial charge is 0.202 e. The van der Waals surface area contributed by atoms with Gasteiger partial charge in [-0.2, -0.15) is 0 Å². The van der Waals surface area contributed by atoms with Gasteiger partial charge in [0.15, 0.2) is 17.4 Å². The summed E-state index contributed by atoms with van der Waals surface area (Å²) in [6.45, 7) is 0.